The number of carbonyl (C=O) groups is 1. The van der Waals surface area contributed by atoms with Gasteiger partial charge in [0.15, 0.2) is 0 Å². The highest BCUT2D eigenvalue weighted by molar-refractivity contribution is 7.89. The molecule has 1 amide bonds. The van der Waals surface area contributed by atoms with Gasteiger partial charge in [0, 0.05) is 31.9 Å². The van der Waals surface area contributed by atoms with Gasteiger partial charge in [-0.1, -0.05) is 17.7 Å². The number of nitrogens with one attached hydrogen (secondary N) is 1. The molecule has 2 aromatic rings. The Labute approximate surface area is 212 Å². The summed E-state index contributed by atoms with van der Waals surface area (Å²) in [5, 5.41) is 2.77. The average Bonchev–Trinajstić information content (AvgIpc) is 2.89. The van der Waals surface area contributed by atoms with Crippen LogP contribution in [0.1, 0.15) is 18.4 Å². The van der Waals surface area contributed by atoms with Crippen molar-refractivity contribution >= 4 is 31.6 Å². The molecule has 36 heavy (non-hydrogen) atoms. The first-order valence-corrected chi connectivity index (χ1v) is 14.6. The van der Waals surface area contributed by atoms with Crippen LogP contribution in [0.3, 0.4) is 0 Å². The summed E-state index contributed by atoms with van der Waals surface area (Å²) in [6, 6.07) is 11.1. The Balaban J connectivity index is 1.51. The molecule has 0 unspecified atom stereocenters. The van der Waals surface area contributed by atoms with E-state index in [9.17, 15) is 21.6 Å². The number of benzene rings is 2. The molecule has 0 saturated carbocycles. The van der Waals surface area contributed by atoms with Crippen LogP contribution in [0.25, 0.3) is 0 Å². The van der Waals surface area contributed by atoms with E-state index in [2.05, 4.69) is 5.32 Å². The zero-order valence-electron chi connectivity index (χ0n) is 20.3. The highest BCUT2D eigenvalue weighted by atomic mass is 32.2. The van der Waals surface area contributed by atoms with Gasteiger partial charge in [-0.2, -0.15) is 8.61 Å². The first-order valence-electron chi connectivity index (χ1n) is 11.8. The fraction of sp³-hybridized carbons (Fsp3) is 0.458. The molecule has 0 radical (unpaired) electrons. The molecule has 10 nitrogen and oxygen atoms in total. The van der Waals surface area contributed by atoms with E-state index in [1.54, 1.807) is 30.3 Å². The molecule has 0 aliphatic carbocycles. The summed E-state index contributed by atoms with van der Waals surface area (Å²) in [4.78, 5) is 13.3. The fourth-order valence-corrected chi connectivity index (χ4v) is 7.47. The summed E-state index contributed by atoms with van der Waals surface area (Å²) in [7, 11) is -6.20. The molecule has 1 N–H and O–H groups in total. The van der Waals surface area contributed by atoms with Crippen LogP contribution in [0.15, 0.2) is 52.3 Å². The van der Waals surface area contributed by atoms with Gasteiger partial charge in [-0.3, -0.25) is 4.79 Å². The zero-order chi connectivity index (χ0) is 25.9. The topological polar surface area (TPSA) is 122 Å². The molecule has 4 rings (SSSR count). The van der Waals surface area contributed by atoms with Gasteiger partial charge in [0.25, 0.3) is 0 Å². The highest BCUT2D eigenvalue weighted by Crippen LogP contribution is 2.31. The summed E-state index contributed by atoms with van der Waals surface area (Å²) in [5.74, 6) is -0.758. The summed E-state index contributed by atoms with van der Waals surface area (Å²) >= 11 is 0. The fourth-order valence-electron chi connectivity index (χ4n) is 4.36. The number of hydrogen-bond acceptors (Lipinski definition) is 7. The van der Waals surface area contributed by atoms with Gasteiger partial charge < -0.3 is 14.8 Å². The van der Waals surface area contributed by atoms with Crippen LogP contribution in [0.5, 0.6) is 5.75 Å². The lowest BCUT2D eigenvalue weighted by Gasteiger charge is -2.31. The van der Waals surface area contributed by atoms with Crippen LogP contribution in [0.4, 0.5) is 5.69 Å². The van der Waals surface area contributed by atoms with Crippen LogP contribution >= 0.6 is 0 Å². The third kappa shape index (κ3) is 5.57. The standard InChI is InChI=1S/C24H31N3O7S2/c1-18-5-8-21(9-6-18)35(29,30)27-11-3-4-19(17-27)24(28)25-20-7-10-22(33-2)23(16-20)36(31,32)26-12-14-34-15-13-26/h5-10,16,19H,3-4,11-15,17H2,1-2H3,(H,25,28)/t19-/m0/s1. The van der Waals surface area contributed by atoms with E-state index in [0.29, 0.717) is 38.3 Å². The van der Waals surface area contributed by atoms with Crippen LogP contribution in [-0.4, -0.2) is 77.9 Å². The van der Waals surface area contributed by atoms with Gasteiger partial charge in [0.05, 0.1) is 31.1 Å². The summed E-state index contributed by atoms with van der Waals surface area (Å²) in [6.07, 6.45) is 1.07. The largest absolute Gasteiger partial charge is 0.495 e. The lowest BCUT2D eigenvalue weighted by Crippen LogP contribution is -2.43. The van der Waals surface area contributed by atoms with Crippen molar-refractivity contribution in [1.82, 2.24) is 8.61 Å². The maximum atomic E-state index is 13.2. The predicted molar refractivity (Wildman–Crippen MR) is 134 cm³/mol. The smallest absolute Gasteiger partial charge is 0.246 e. The Bertz CT molecular complexity index is 1310. The van der Waals surface area contributed by atoms with Gasteiger partial charge in [-0.15, -0.1) is 0 Å². The highest BCUT2D eigenvalue weighted by Gasteiger charge is 2.34. The number of methoxy groups -OCH3 is 1. The number of hydrogen-bond donors (Lipinski definition) is 1. The van der Waals surface area contributed by atoms with Crippen molar-refractivity contribution in [3.63, 3.8) is 0 Å². The Morgan fingerprint density at radius 2 is 1.67 bits per heavy atom. The molecular weight excluding hydrogens is 506 g/mol. The number of ether oxygens (including phenoxy) is 2. The van der Waals surface area contributed by atoms with Gasteiger partial charge in [0.1, 0.15) is 10.6 Å². The minimum atomic E-state index is -3.86. The third-order valence-corrected chi connectivity index (χ3v) is 10.2. The average molecular weight is 538 g/mol. The molecule has 2 fully saturated rings. The van der Waals surface area contributed by atoms with Crippen molar-refractivity contribution in [1.29, 1.82) is 0 Å². The van der Waals surface area contributed by atoms with Crippen LogP contribution in [0.2, 0.25) is 0 Å². The van der Waals surface area contributed by atoms with E-state index >= 15 is 0 Å². The summed E-state index contributed by atoms with van der Waals surface area (Å²) in [5.41, 5.74) is 1.26. The molecule has 0 bridgehead atoms. The maximum Gasteiger partial charge on any atom is 0.246 e. The van der Waals surface area contributed by atoms with Crippen molar-refractivity contribution in [2.45, 2.75) is 29.6 Å². The number of carbonyl (C=O) groups excluding carboxylic acids is 1. The summed E-state index contributed by atoms with van der Waals surface area (Å²) in [6.45, 7) is 3.35. The van der Waals surface area contributed by atoms with E-state index in [1.165, 1.54) is 27.9 Å². The van der Waals surface area contributed by atoms with Gasteiger partial charge in [-0.25, -0.2) is 16.8 Å². The third-order valence-electron chi connectivity index (χ3n) is 6.43. The van der Waals surface area contributed by atoms with Crippen LogP contribution < -0.4 is 10.1 Å². The molecule has 2 saturated heterocycles. The van der Waals surface area contributed by atoms with Gasteiger partial charge in [0.2, 0.25) is 26.0 Å². The first kappa shape index (κ1) is 26.6. The molecule has 0 aromatic heterocycles. The van der Waals surface area contributed by atoms with Crippen molar-refractivity contribution < 1.29 is 31.1 Å². The van der Waals surface area contributed by atoms with E-state index in [-0.39, 0.29) is 41.1 Å². The molecular formula is C24H31N3O7S2. The molecule has 0 spiro atoms. The number of piperidine rings is 1. The monoisotopic (exact) mass is 537 g/mol. The van der Waals surface area contributed by atoms with Gasteiger partial charge in [-0.05, 0) is 50.1 Å². The summed E-state index contributed by atoms with van der Waals surface area (Å²) < 4.78 is 65.8. The minimum Gasteiger partial charge on any atom is -0.495 e. The van der Waals surface area contributed by atoms with Crippen LogP contribution in [-0.2, 0) is 29.6 Å². The van der Waals surface area contributed by atoms with E-state index in [4.69, 9.17) is 9.47 Å². The molecule has 2 aliphatic rings. The second-order valence-corrected chi connectivity index (χ2v) is 12.7. The maximum absolute atomic E-state index is 13.2. The van der Waals surface area contributed by atoms with Crippen LogP contribution in [0, 0.1) is 12.8 Å². The lowest BCUT2D eigenvalue weighted by molar-refractivity contribution is -0.120. The van der Waals surface area contributed by atoms with E-state index in [0.717, 1.165) is 5.56 Å². The molecule has 1 atom stereocenters. The number of amides is 1. The Morgan fingerprint density at radius 1 is 0.972 bits per heavy atom. The van der Waals surface area contributed by atoms with Crippen molar-refractivity contribution in [2.75, 3.05) is 51.8 Å². The normalized spacial score (nSPS) is 20.1. The molecule has 2 heterocycles. The minimum absolute atomic E-state index is 0.0445. The van der Waals surface area contributed by atoms with Crippen molar-refractivity contribution in [3.05, 3.63) is 48.0 Å². The number of morpholine rings is 1. The zero-order valence-corrected chi connectivity index (χ0v) is 22.0. The molecule has 12 heteroatoms. The Hall–Kier alpha value is -2.51. The second-order valence-electron chi connectivity index (χ2n) is 8.89. The first-order chi connectivity index (χ1) is 17.1. The second kappa shape index (κ2) is 10.9. The predicted octanol–water partition coefficient (Wildman–Crippen LogP) is 2.06. The van der Waals surface area contributed by atoms with E-state index < -0.39 is 26.0 Å². The van der Waals surface area contributed by atoms with Gasteiger partial charge >= 0.3 is 0 Å². The van der Waals surface area contributed by atoms with Crippen molar-refractivity contribution in [2.24, 2.45) is 5.92 Å². The number of anilines is 1. The lowest BCUT2D eigenvalue weighted by atomic mass is 9.98. The number of aryl methyl sites for hydroxylation is 1. The molecule has 196 valence electrons. The quantitative estimate of drug-likeness (QED) is 0.574. The number of rotatable bonds is 7. The Kier molecular flexibility index (Phi) is 8.00. The van der Waals surface area contributed by atoms with Crippen molar-refractivity contribution in [3.8, 4) is 5.75 Å². The number of nitrogens with zero attached hydrogens (tertiary/aromatic N) is 2. The Morgan fingerprint density at radius 3 is 2.33 bits per heavy atom. The number of sulfonamides is 2. The molecule has 2 aliphatic heterocycles. The van der Waals surface area contributed by atoms with E-state index in [1.807, 2.05) is 6.92 Å². The molecule has 2 aromatic carbocycles. The SMILES string of the molecule is COc1ccc(NC(=O)[C@H]2CCCN(S(=O)(=O)c3ccc(C)cc3)C2)cc1S(=O)(=O)N1CCOCC1.